The third-order valence-electron chi connectivity index (χ3n) is 4.28. The van der Waals surface area contributed by atoms with Crippen LogP contribution in [0.4, 0.5) is 0 Å². The fourth-order valence-electron chi connectivity index (χ4n) is 2.85. The number of hydrogen-bond acceptors (Lipinski definition) is 5. The van der Waals surface area contributed by atoms with Crippen LogP contribution in [0.5, 0.6) is 0 Å². The Bertz CT molecular complexity index is 1060. The zero-order valence-corrected chi connectivity index (χ0v) is 14.7. The molecule has 0 aliphatic rings. The maximum Gasteiger partial charge on any atom is 0.332 e. The van der Waals surface area contributed by atoms with Crippen LogP contribution in [-0.2, 0) is 20.5 Å². The van der Waals surface area contributed by atoms with Crippen molar-refractivity contribution in [3.63, 3.8) is 0 Å². The first-order valence-electron chi connectivity index (χ1n) is 8.20. The maximum absolute atomic E-state index is 12.6. The Morgan fingerprint density at radius 3 is 2.58 bits per heavy atom. The molecule has 0 spiro atoms. The first-order valence-corrected chi connectivity index (χ1v) is 8.20. The third kappa shape index (κ3) is 2.95. The standard InChI is InChI=1S/C18H21N5O3/c1-4-8-14-20-16-15(17(25)22(3)18(26)21(16)2)23(14)19-11-13(24)12-9-6-5-7-10-12/h4-7,9-10,13,19,24H,1,8,11H2,2-3H3. The van der Waals surface area contributed by atoms with Gasteiger partial charge in [-0.1, -0.05) is 36.4 Å². The van der Waals surface area contributed by atoms with E-state index >= 15 is 0 Å². The van der Waals surface area contributed by atoms with E-state index in [1.165, 1.54) is 16.3 Å². The van der Waals surface area contributed by atoms with Crippen LogP contribution in [0, 0.1) is 0 Å². The molecule has 8 heteroatoms. The molecule has 2 aromatic heterocycles. The van der Waals surface area contributed by atoms with E-state index in [1.54, 1.807) is 13.1 Å². The summed E-state index contributed by atoms with van der Waals surface area (Å²) in [6.45, 7) is 3.88. The Morgan fingerprint density at radius 2 is 1.92 bits per heavy atom. The molecule has 136 valence electrons. The highest BCUT2D eigenvalue weighted by molar-refractivity contribution is 5.71. The molecule has 0 saturated heterocycles. The summed E-state index contributed by atoms with van der Waals surface area (Å²) >= 11 is 0. The first kappa shape index (κ1) is 17.7. The molecule has 0 aliphatic carbocycles. The lowest BCUT2D eigenvalue weighted by molar-refractivity contribution is 0.188. The summed E-state index contributed by atoms with van der Waals surface area (Å²) in [4.78, 5) is 29.2. The minimum atomic E-state index is -0.762. The molecule has 0 amide bonds. The SMILES string of the molecule is C=CCc1nc2c(c(=O)n(C)c(=O)n2C)n1NCC(O)c1ccccc1. The maximum atomic E-state index is 12.6. The lowest BCUT2D eigenvalue weighted by Gasteiger charge is -2.16. The van der Waals surface area contributed by atoms with E-state index in [-0.39, 0.29) is 17.7 Å². The van der Waals surface area contributed by atoms with Gasteiger partial charge in [-0.05, 0) is 5.56 Å². The van der Waals surface area contributed by atoms with Gasteiger partial charge in [-0.25, -0.2) is 14.5 Å². The van der Waals surface area contributed by atoms with Gasteiger partial charge in [-0.15, -0.1) is 6.58 Å². The average molecular weight is 355 g/mol. The second-order valence-electron chi connectivity index (χ2n) is 6.02. The van der Waals surface area contributed by atoms with Crippen LogP contribution in [0.2, 0.25) is 0 Å². The van der Waals surface area contributed by atoms with Gasteiger partial charge in [0.15, 0.2) is 11.2 Å². The minimum absolute atomic E-state index is 0.172. The molecule has 1 unspecified atom stereocenters. The Labute approximate surface area is 149 Å². The lowest BCUT2D eigenvalue weighted by Crippen LogP contribution is -2.38. The molecule has 0 bridgehead atoms. The molecule has 1 atom stereocenters. The molecule has 2 N–H and O–H groups in total. The number of fused-ring (bicyclic) bond motifs is 1. The van der Waals surface area contributed by atoms with E-state index in [1.807, 2.05) is 30.3 Å². The van der Waals surface area contributed by atoms with Crippen LogP contribution in [0.1, 0.15) is 17.5 Å². The molecular formula is C18H21N5O3. The van der Waals surface area contributed by atoms with Crippen molar-refractivity contribution in [2.45, 2.75) is 12.5 Å². The Morgan fingerprint density at radius 1 is 1.23 bits per heavy atom. The van der Waals surface area contributed by atoms with Crippen LogP contribution in [0.15, 0.2) is 52.6 Å². The fraction of sp³-hybridized carbons (Fsp3) is 0.278. The van der Waals surface area contributed by atoms with Gasteiger partial charge in [-0.2, -0.15) is 0 Å². The van der Waals surface area contributed by atoms with Crippen LogP contribution in [-0.4, -0.2) is 30.4 Å². The largest absolute Gasteiger partial charge is 0.387 e. The van der Waals surface area contributed by atoms with E-state index in [0.717, 1.165) is 10.1 Å². The van der Waals surface area contributed by atoms with Gasteiger partial charge in [0.2, 0.25) is 0 Å². The molecule has 2 heterocycles. The number of nitrogens with one attached hydrogen (secondary N) is 1. The monoisotopic (exact) mass is 355 g/mol. The third-order valence-corrected chi connectivity index (χ3v) is 4.28. The number of imidazole rings is 1. The van der Waals surface area contributed by atoms with Crippen molar-refractivity contribution in [1.29, 1.82) is 0 Å². The molecule has 1 aromatic carbocycles. The van der Waals surface area contributed by atoms with E-state index in [2.05, 4.69) is 17.0 Å². The van der Waals surface area contributed by atoms with Crippen LogP contribution < -0.4 is 16.7 Å². The zero-order valence-electron chi connectivity index (χ0n) is 14.7. The number of nitrogens with zero attached hydrogens (tertiary/aromatic N) is 4. The summed E-state index contributed by atoms with van der Waals surface area (Å²) in [7, 11) is 2.99. The van der Waals surface area contributed by atoms with Gasteiger partial charge in [0, 0.05) is 20.5 Å². The van der Waals surface area contributed by atoms with E-state index in [0.29, 0.717) is 12.2 Å². The second kappa shape index (κ2) is 7.01. The number of aryl methyl sites for hydroxylation is 1. The summed E-state index contributed by atoms with van der Waals surface area (Å²) in [5.74, 6) is 0.536. The first-order chi connectivity index (χ1) is 12.5. The van der Waals surface area contributed by atoms with Crippen molar-refractivity contribution in [2.75, 3.05) is 12.0 Å². The van der Waals surface area contributed by atoms with Gasteiger partial charge >= 0.3 is 5.69 Å². The van der Waals surface area contributed by atoms with Crippen molar-refractivity contribution in [1.82, 2.24) is 18.8 Å². The predicted octanol–water partition coefficient (Wildman–Crippen LogP) is 0.439. The quantitative estimate of drug-likeness (QED) is 0.626. The molecule has 0 radical (unpaired) electrons. The summed E-state index contributed by atoms with van der Waals surface area (Å²) in [6.07, 6.45) is 1.30. The number of rotatable bonds is 6. The van der Waals surface area contributed by atoms with E-state index < -0.39 is 17.4 Å². The average Bonchev–Trinajstić information content (AvgIpc) is 3.02. The summed E-state index contributed by atoms with van der Waals surface area (Å²) in [5, 5.41) is 10.4. The van der Waals surface area contributed by atoms with Crippen LogP contribution in [0.25, 0.3) is 11.2 Å². The van der Waals surface area contributed by atoms with Gasteiger partial charge in [0.25, 0.3) is 5.56 Å². The topological polar surface area (TPSA) is 94.1 Å². The highest BCUT2D eigenvalue weighted by atomic mass is 16.3. The lowest BCUT2D eigenvalue weighted by atomic mass is 10.1. The second-order valence-corrected chi connectivity index (χ2v) is 6.02. The fourth-order valence-corrected chi connectivity index (χ4v) is 2.85. The predicted molar refractivity (Wildman–Crippen MR) is 99.7 cm³/mol. The summed E-state index contributed by atoms with van der Waals surface area (Å²) < 4.78 is 3.90. The van der Waals surface area contributed by atoms with Crippen molar-refractivity contribution < 1.29 is 5.11 Å². The van der Waals surface area contributed by atoms with Gasteiger partial charge in [-0.3, -0.25) is 13.9 Å². The molecular weight excluding hydrogens is 334 g/mol. The number of aliphatic hydroxyl groups excluding tert-OH is 1. The van der Waals surface area contributed by atoms with Gasteiger partial charge < -0.3 is 10.5 Å². The summed E-state index contributed by atoms with van der Waals surface area (Å²) in [5.41, 5.74) is 3.47. The molecule has 3 aromatic rings. The molecule has 0 aliphatic heterocycles. The van der Waals surface area contributed by atoms with Crippen molar-refractivity contribution in [3.05, 3.63) is 75.2 Å². The number of aliphatic hydroxyl groups is 1. The Hall–Kier alpha value is -3.13. The molecule has 0 fully saturated rings. The number of allylic oxidation sites excluding steroid dienone is 1. The van der Waals surface area contributed by atoms with Crippen LogP contribution >= 0.6 is 0 Å². The van der Waals surface area contributed by atoms with Crippen LogP contribution in [0.3, 0.4) is 0 Å². The van der Waals surface area contributed by atoms with Crippen molar-refractivity contribution in [3.8, 4) is 0 Å². The molecule has 26 heavy (non-hydrogen) atoms. The molecule has 0 saturated carbocycles. The number of aromatic nitrogens is 4. The van der Waals surface area contributed by atoms with Gasteiger partial charge in [0.05, 0.1) is 12.6 Å². The Kier molecular flexibility index (Phi) is 4.77. The number of hydrogen-bond donors (Lipinski definition) is 2. The molecule has 3 rings (SSSR count). The summed E-state index contributed by atoms with van der Waals surface area (Å²) in [6, 6.07) is 9.22. The van der Waals surface area contributed by atoms with Crippen molar-refractivity contribution >= 4 is 11.2 Å². The zero-order chi connectivity index (χ0) is 18.8. The van der Waals surface area contributed by atoms with Gasteiger partial charge in [0.1, 0.15) is 5.82 Å². The highest BCUT2D eigenvalue weighted by Crippen LogP contribution is 2.14. The van der Waals surface area contributed by atoms with E-state index in [9.17, 15) is 14.7 Å². The number of benzene rings is 1. The highest BCUT2D eigenvalue weighted by Gasteiger charge is 2.19. The minimum Gasteiger partial charge on any atom is -0.387 e. The smallest absolute Gasteiger partial charge is 0.332 e. The van der Waals surface area contributed by atoms with E-state index in [4.69, 9.17) is 0 Å². The van der Waals surface area contributed by atoms with Crippen molar-refractivity contribution in [2.24, 2.45) is 14.1 Å². The molecule has 8 nitrogen and oxygen atoms in total. The Balaban J connectivity index is 2.06. The normalized spacial score (nSPS) is 12.3.